The van der Waals surface area contributed by atoms with Gasteiger partial charge in [0.2, 0.25) is 0 Å². The lowest BCUT2D eigenvalue weighted by Gasteiger charge is -2.09. The number of nitrogens with zero attached hydrogens (tertiary/aromatic N) is 1. The molecule has 0 atom stereocenters. The molecule has 0 aromatic carbocycles. The Bertz CT molecular complexity index is 140. The standard InChI is InChI=1S/C11H23NO2.C2H6/c1-10(2)7-9-14-11(13)6-5-8-12(3)4;1-2/h10H,5-9H2,1-4H3;1-2H3. The molecule has 0 saturated heterocycles. The van der Waals surface area contributed by atoms with Gasteiger partial charge in [-0.1, -0.05) is 27.7 Å². The monoisotopic (exact) mass is 231 g/mol. The number of rotatable bonds is 7. The van der Waals surface area contributed by atoms with Crippen molar-refractivity contribution in [2.24, 2.45) is 5.92 Å². The van der Waals surface area contributed by atoms with E-state index in [1.165, 1.54) is 0 Å². The van der Waals surface area contributed by atoms with Crippen LogP contribution >= 0.6 is 0 Å². The molecule has 0 aliphatic carbocycles. The third-order valence-corrected chi connectivity index (χ3v) is 1.94. The van der Waals surface area contributed by atoms with Crippen molar-refractivity contribution >= 4 is 5.97 Å². The van der Waals surface area contributed by atoms with E-state index in [9.17, 15) is 4.79 Å². The van der Waals surface area contributed by atoms with Crippen LogP contribution in [0.5, 0.6) is 0 Å². The Morgan fingerprint density at radius 2 is 1.81 bits per heavy atom. The van der Waals surface area contributed by atoms with Crippen LogP contribution in [0.2, 0.25) is 0 Å². The fourth-order valence-corrected chi connectivity index (χ4v) is 1.02. The van der Waals surface area contributed by atoms with Gasteiger partial charge >= 0.3 is 5.97 Å². The predicted octanol–water partition coefficient (Wildman–Crippen LogP) is 2.94. The van der Waals surface area contributed by atoms with Crippen molar-refractivity contribution in [2.75, 3.05) is 27.2 Å². The highest BCUT2D eigenvalue weighted by molar-refractivity contribution is 5.69. The van der Waals surface area contributed by atoms with Crippen LogP contribution in [0.1, 0.15) is 47.0 Å². The fourth-order valence-electron chi connectivity index (χ4n) is 1.02. The zero-order valence-electron chi connectivity index (χ0n) is 11.9. The Labute approximate surface area is 101 Å². The highest BCUT2D eigenvalue weighted by atomic mass is 16.5. The first kappa shape index (κ1) is 17.8. The van der Waals surface area contributed by atoms with Crippen LogP contribution in [-0.4, -0.2) is 38.1 Å². The van der Waals surface area contributed by atoms with Gasteiger partial charge in [0.25, 0.3) is 0 Å². The first-order valence-corrected chi connectivity index (χ1v) is 6.32. The minimum absolute atomic E-state index is 0.0625. The molecule has 0 heterocycles. The zero-order chi connectivity index (χ0) is 13.0. The van der Waals surface area contributed by atoms with E-state index in [0.717, 1.165) is 19.4 Å². The Morgan fingerprint density at radius 3 is 2.25 bits per heavy atom. The van der Waals surface area contributed by atoms with Gasteiger partial charge in [-0.25, -0.2) is 0 Å². The molecule has 0 aliphatic rings. The summed E-state index contributed by atoms with van der Waals surface area (Å²) in [5.74, 6) is 0.539. The molecule has 0 unspecified atom stereocenters. The molecule has 0 aromatic rings. The van der Waals surface area contributed by atoms with Gasteiger partial charge in [0, 0.05) is 6.42 Å². The minimum Gasteiger partial charge on any atom is -0.466 e. The Morgan fingerprint density at radius 1 is 1.25 bits per heavy atom. The molecule has 0 rings (SSSR count). The maximum Gasteiger partial charge on any atom is 0.305 e. The SMILES string of the molecule is CC.CC(C)CCOC(=O)CCCN(C)C. The third kappa shape index (κ3) is 15.9. The third-order valence-electron chi connectivity index (χ3n) is 1.94. The molecule has 0 radical (unpaired) electrons. The second-order valence-corrected chi connectivity index (χ2v) is 4.31. The van der Waals surface area contributed by atoms with Crippen molar-refractivity contribution in [1.82, 2.24) is 4.90 Å². The lowest BCUT2D eigenvalue weighted by molar-refractivity contribution is -0.144. The van der Waals surface area contributed by atoms with E-state index in [1.807, 2.05) is 27.9 Å². The molecule has 16 heavy (non-hydrogen) atoms. The van der Waals surface area contributed by atoms with E-state index in [0.29, 0.717) is 18.9 Å². The molecule has 0 fully saturated rings. The molecule has 0 bridgehead atoms. The van der Waals surface area contributed by atoms with Crippen molar-refractivity contribution < 1.29 is 9.53 Å². The van der Waals surface area contributed by atoms with Crippen molar-refractivity contribution in [3.8, 4) is 0 Å². The maximum absolute atomic E-state index is 11.2. The number of ether oxygens (including phenoxy) is 1. The molecule has 0 aliphatic heterocycles. The van der Waals surface area contributed by atoms with Crippen LogP contribution in [0.25, 0.3) is 0 Å². The Hall–Kier alpha value is -0.570. The summed E-state index contributed by atoms with van der Waals surface area (Å²) in [6.07, 6.45) is 2.38. The average molecular weight is 231 g/mol. The number of hydrogen-bond acceptors (Lipinski definition) is 3. The normalized spacial score (nSPS) is 10.0. The summed E-state index contributed by atoms with van der Waals surface area (Å²) < 4.78 is 5.08. The smallest absolute Gasteiger partial charge is 0.305 e. The fraction of sp³-hybridized carbons (Fsp3) is 0.923. The summed E-state index contributed by atoms with van der Waals surface area (Å²) in [5, 5.41) is 0. The number of esters is 1. The van der Waals surface area contributed by atoms with Crippen molar-refractivity contribution in [1.29, 1.82) is 0 Å². The predicted molar refractivity (Wildman–Crippen MR) is 69.6 cm³/mol. The Balaban J connectivity index is 0. The second kappa shape index (κ2) is 12.5. The lowest BCUT2D eigenvalue weighted by Crippen LogP contribution is -2.15. The van der Waals surface area contributed by atoms with Crippen LogP contribution in [0.15, 0.2) is 0 Å². The molecular formula is C13H29NO2. The van der Waals surface area contributed by atoms with Gasteiger partial charge in [0.1, 0.15) is 0 Å². The minimum atomic E-state index is -0.0625. The van der Waals surface area contributed by atoms with Crippen molar-refractivity contribution in [3.05, 3.63) is 0 Å². The molecule has 3 nitrogen and oxygen atoms in total. The molecule has 3 heteroatoms. The first-order valence-electron chi connectivity index (χ1n) is 6.32. The molecular weight excluding hydrogens is 202 g/mol. The number of carbonyl (C=O) groups excluding carboxylic acids is 1. The summed E-state index contributed by atoms with van der Waals surface area (Å²) in [4.78, 5) is 13.2. The van der Waals surface area contributed by atoms with Gasteiger partial charge in [-0.3, -0.25) is 4.79 Å². The van der Waals surface area contributed by atoms with Gasteiger partial charge in [-0.15, -0.1) is 0 Å². The van der Waals surface area contributed by atoms with Crippen molar-refractivity contribution in [3.63, 3.8) is 0 Å². The molecule has 0 aromatic heterocycles. The summed E-state index contributed by atoms with van der Waals surface area (Å²) in [6, 6.07) is 0. The van der Waals surface area contributed by atoms with Gasteiger partial charge in [0.05, 0.1) is 6.61 Å². The van der Waals surface area contributed by atoms with E-state index in [-0.39, 0.29) is 5.97 Å². The van der Waals surface area contributed by atoms with Crippen LogP contribution in [-0.2, 0) is 9.53 Å². The highest BCUT2D eigenvalue weighted by Gasteiger charge is 2.03. The largest absolute Gasteiger partial charge is 0.466 e. The average Bonchev–Trinajstić information content (AvgIpc) is 2.19. The highest BCUT2D eigenvalue weighted by Crippen LogP contribution is 2.01. The number of carbonyl (C=O) groups is 1. The summed E-state index contributed by atoms with van der Waals surface area (Å²) in [6.45, 7) is 9.76. The molecule has 98 valence electrons. The molecule has 0 N–H and O–H groups in total. The van der Waals surface area contributed by atoms with Gasteiger partial charge in [0.15, 0.2) is 0 Å². The van der Waals surface area contributed by atoms with E-state index < -0.39 is 0 Å². The maximum atomic E-state index is 11.2. The zero-order valence-corrected chi connectivity index (χ0v) is 11.9. The lowest BCUT2D eigenvalue weighted by atomic mass is 10.1. The van der Waals surface area contributed by atoms with Crippen LogP contribution < -0.4 is 0 Å². The van der Waals surface area contributed by atoms with Crippen LogP contribution in [0, 0.1) is 5.92 Å². The van der Waals surface area contributed by atoms with Gasteiger partial charge in [-0.05, 0) is 39.4 Å². The molecule has 0 spiro atoms. The van der Waals surface area contributed by atoms with Crippen LogP contribution in [0.3, 0.4) is 0 Å². The van der Waals surface area contributed by atoms with E-state index in [4.69, 9.17) is 4.74 Å². The van der Waals surface area contributed by atoms with E-state index in [2.05, 4.69) is 18.7 Å². The first-order chi connectivity index (χ1) is 7.52. The van der Waals surface area contributed by atoms with Crippen LogP contribution in [0.4, 0.5) is 0 Å². The molecule has 0 amide bonds. The van der Waals surface area contributed by atoms with E-state index >= 15 is 0 Å². The quantitative estimate of drug-likeness (QED) is 0.631. The topological polar surface area (TPSA) is 29.5 Å². The number of hydrogen-bond donors (Lipinski definition) is 0. The molecule has 0 saturated carbocycles. The summed E-state index contributed by atoms with van der Waals surface area (Å²) >= 11 is 0. The summed E-state index contributed by atoms with van der Waals surface area (Å²) in [7, 11) is 4.01. The van der Waals surface area contributed by atoms with Gasteiger partial charge < -0.3 is 9.64 Å². The Kier molecular flexibility index (Phi) is 13.9. The van der Waals surface area contributed by atoms with Crippen molar-refractivity contribution in [2.45, 2.75) is 47.0 Å². The summed E-state index contributed by atoms with van der Waals surface area (Å²) in [5.41, 5.74) is 0. The van der Waals surface area contributed by atoms with E-state index in [1.54, 1.807) is 0 Å². The van der Waals surface area contributed by atoms with Gasteiger partial charge in [-0.2, -0.15) is 0 Å². The second-order valence-electron chi connectivity index (χ2n) is 4.31.